The van der Waals surface area contributed by atoms with Crippen LogP contribution in [0.2, 0.25) is 0 Å². The molecule has 78 valence electrons. The normalized spacial score (nSPS) is 11.3. The van der Waals surface area contributed by atoms with Crippen LogP contribution in [0, 0.1) is 13.8 Å². The predicted molar refractivity (Wildman–Crippen MR) is 68.5 cm³/mol. The summed E-state index contributed by atoms with van der Waals surface area (Å²) < 4.78 is 0. The van der Waals surface area contributed by atoms with Gasteiger partial charge in [0.05, 0.1) is 6.54 Å². The average molecular weight is 199 g/mol. The van der Waals surface area contributed by atoms with E-state index in [-0.39, 0.29) is 0 Å². The summed E-state index contributed by atoms with van der Waals surface area (Å²) in [5, 5.41) is 0. The molecule has 0 aliphatic heterocycles. The fraction of sp³-hybridized carbons (Fsp3) is 0.214. The molecule has 0 atom stereocenters. The molecule has 15 heavy (non-hydrogen) atoms. The van der Waals surface area contributed by atoms with Gasteiger partial charge in [0.25, 0.3) is 0 Å². The van der Waals surface area contributed by atoms with Crippen molar-refractivity contribution in [2.75, 3.05) is 6.54 Å². The van der Waals surface area contributed by atoms with Gasteiger partial charge in [-0.3, -0.25) is 4.99 Å². The third kappa shape index (κ3) is 4.41. The average Bonchev–Trinajstić information content (AvgIpc) is 2.16. The van der Waals surface area contributed by atoms with Crippen molar-refractivity contribution in [3.63, 3.8) is 0 Å². The molecule has 0 bridgehead atoms. The van der Waals surface area contributed by atoms with Crippen LogP contribution in [-0.2, 0) is 0 Å². The lowest BCUT2D eigenvalue weighted by Gasteiger charge is -1.98. The maximum Gasteiger partial charge on any atom is 0.0567 e. The number of rotatable bonds is 4. The van der Waals surface area contributed by atoms with Gasteiger partial charge in [-0.15, -0.1) is 6.58 Å². The molecule has 0 spiro atoms. The standard InChI is InChI=1S/C14H17N/c1-4-7-15-8-5-6-14-10-12(2)9-13(3)11-14/h4-6,8-11H,1,7H2,2-3H3/b6-5+,15-8?. The highest BCUT2D eigenvalue weighted by Gasteiger charge is 1.90. The lowest BCUT2D eigenvalue weighted by Crippen LogP contribution is -1.80. The molecule has 0 unspecified atom stereocenters. The molecule has 0 heterocycles. The van der Waals surface area contributed by atoms with Gasteiger partial charge in [-0.25, -0.2) is 0 Å². The Bertz CT molecular complexity index is 366. The van der Waals surface area contributed by atoms with Crippen molar-refractivity contribution in [2.45, 2.75) is 13.8 Å². The van der Waals surface area contributed by atoms with E-state index in [1.54, 1.807) is 12.3 Å². The van der Waals surface area contributed by atoms with Crippen LogP contribution >= 0.6 is 0 Å². The van der Waals surface area contributed by atoms with E-state index in [1.807, 2.05) is 6.08 Å². The first-order valence-corrected chi connectivity index (χ1v) is 5.08. The van der Waals surface area contributed by atoms with Crippen molar-refractivity contribution >= 4 is 12.3 Å². The fourth-order valence-corrected chi connectivity index (χ4v) is 1.46. The Morgan fingerprint density at radius 3 is 2.47 bits per heavy atom. The van der Waals surface area contributed by atoms with Crippen molar-refractivity contribution in [2.24, 2.45) is 4.99 Å². The number of aryl methyl sites for hydroxylation is 2. The van der Waals surface area contributed by atoms with Gasteiger partial charge in [-0.2, -0.15) is 0 Å². The van der Waals surface area contributed by atoms with E-state index in [4.69, 9.17) is 0 Å². The van der Waals surface area contributed by atoms with E-state index in [9.17, 15) is 0 Å². The van der Waals surface area contributed by atoms with Gasteiger partial charge in [0.1, 0.15) is 0 Å². The van der Waals surface area contributed by atoms with Crippen molar-refractivity contribution < 1.29 is 0 Å². The molecule has 0 aromatic heterocycles. The first kappa shape index (κ1) is 11.4. The summed E-state index contributed by atoms with van der Waals surface area (Å²) in [5.41, 5.74) is 3.80. The quantitative estimate of drug-likeness (QED) is 0.519. The molecule has 0 aliphatic carbocycles. The molecule has 1 aromatic carbocycles. The molecule has 0 N–H and O–H groups in total. The molecular weight excluding hydrogens is 182 g/mol. The molecule has 0 amide bonds. The summed E-state index contributed by atoms with van der Waals surface area (Å²) in [7, 11) is 0. The fourth-order valence-electron chi connectivity index (χ4n) is 1.46. The summed E-state index contributed by atoms with van der Waals surface area (Å²) in [4.78, 5) is 4.12. The zero-order valence-electron chi connectivity index (χ0n) is 9.40. The SMILES string of the molecule is C=CCN=C/C=C/c1cc(C)cc(C)c1. The minimum atomic E-state index is 0.678. The van der Waals surface area contributed by atoms with Gasteiger partial charge in [0, 0.05) is 6.21 Å². The van der Waals surface area contributed by atoms with Gasteiger partial charge in [0.15, 0.2) is 0 Å². The Labute approximate surface area is 91.9 Å². The van der Waals surface area contributed by atoms with Gasteiger partial charge in [0.2, 0.25) is 0 Å². The van der Waals surface area contributed by atoms with Crippen LogP contribution in [0.1, 0.15) is 16.7 Å². The molecule has 1 aromatic rings. The van der Waals surface area contributed by atoms with E-state index >= 15 is 0 Å². The van der Waals surface area contributed by atoms with Crippen LogP contribution in [-0.4, -0.2) is 12.8 Å². The van der Waals surface area contributed by atoms with Crippen molar-refractivity contribution in [3.05, 3.63) is 53.6 Å². The summed E-state index contributed by atoms with van der Waals surface area (Å²) in [6.45, 7) is 8.49. The maximum absolute atomic E-state index is 4.12. The zero-order valence-corrected chi connectivity index (χ0v) is 9.40. The Hall–Kier alpha value is -1.63. The second-order valence-corrected chi connectivity index (χ2v) is 3.58. The van der Waals surface area contributed by atoms with Crippen LogP contribution in [0.3, 0.4) is 0 Å². The van der Waals surface area contributed by atoms with Crippen LogP contribution in [0.15, 0.2) is 41.9 Å². The van der Waals surface area contributed by atoms with Crippen molar-refractivity contribution in [1.82, 2.24) is 0 Å². The Morgan fingerprint density at radius 1 is 1.20 bits per heavy atom. The number of allylic oxidation sites excluding steroid dienone is 1. The number of hydrogen-bond acceptors (Lipinski definition) is 1. The summed E-state index contributed by atoms with van der Waals surface area (Å²) in [5.74, 6) is 0. The molecular formula is C14H17N. The Balaban J connectivity index is 2.67. The number of hydrogen-bond donors (Lipinski definition) is 0. The van der Waals surface area contributed by atoms with E-state index in [2.05, 4.69) is 49.7 Å². The maximum atomic E-state index is 4.12. The van der Waals surface area contributed by atoms with Gasteiger partial charge in [-0.1, -0.05) is 41.5 Å². The second kappa shape index (κ2) is 5.97. The van der Waals surface area contributed by atoms with Crippen LogP contribution < -0.4 is 0 Å². The van der Waals surface area contributed by atoms with E-state index in [0.717, 1.165) is 0 Å². The first-order valence-electron chi connectivity index (χ1n) is 5.08. The molecule has 1 rings (SSSR count). The smallest absolute Gasteiger partial charge is 0.0567 e. The van der Waals surface area contributed by atoms with Crippen molar-refractivity contribution in [3.8, 4) is 0 Å². The molecule has 1 nitrogen and oxygen atoms in total. The first-order chi connectivity index (χ1) is 7.22. The van der Waals surface area contributed by atoms with Gasteiger partial charge in [-0.05, 0) is 25.5 Å². The summed E-state index contributed by atoms with van der Waals surface area (Å²) in [6.07, 6.45) is 7.60. The molecule has 1 heteroatoms. The summed E-state index contributed by atoms with van der Waals surface area (Å²) in [6, 6.07) is 6.48. The Kier molecular flexibility index (Phi) is 4.55. The third-order valence-corrected chi connectivity index (χ3v) is 1.96. The molecule has 0 fully saturated rings. The van der Waals surface area contributed by atoms with Crippen molar-refractivity contribution in [1.29, 1.82) is 0 Å². The topological polar surface area (TPSA) is 12.4 Å². The van der Waals surface area contributed by atoms with Gasteiger partial charge < -0.3 is 0 Å². The molecule has 0 saturated heterocycles. The second-order valence-electron chi connectivity index (χ2n) is 3.58. The van der Waals surface area contributed by atoms with E-state index in [0.29, 0.717) is 6.54 Å². The van der Waals surface area contributed by atoms with E-state index < -0.39 is 0 Å². The largest absolute Gasteiger partial charge is 0.289 e. The summed E-state index contributed by atoms with van der Waals surface area (Å²) >= 11 is 0. The number of aliphatic imine (C=N–C) groups is 1. The molecule has 0 saturated carbocycles. The lowest BCUT2D eigenvalue weighted by molar-refractivity contribution is 1.27. The molecule has 0 aliphatic rings. The minimum Gasteiger partial charge on any atom is -0.289 e. The minimum absolute atomic E-state index is 0.678. The highest BCUT2D eigenvalue weighted by atomic mass is 14.7. The number of nitrogens with zero attached hydrogens (tertiary/aromatic N) is 1. The molecule has 0 radical (unpaired) electrons. The Morgan fingerprint density at radius 2 is 1.87 bits per heavy atom. The predicted octanol–water partition coefficient (Wildman–Crippen LogP) is 3.57. The third-order valence-electron chi connectivity index (χ3n) is 1.96. The van der Waals surface area contributed by atoms with E-state index in [1.165, 1.54) is 16.7 Å². The van der Waals surface area contributed by atoms with Crippen LogP contribution in [0.5, 0.6) is 0 Å². The zero-order chi connectivity index (χ0) is 11.1. The number of benzene rings is 1. The monoisotopic (exact) mass is 199 g/mol. The highest BCUT2D eigenvalue weighted by molar-refractivity contribution is 5.78. The van der Waals surface area contributed by atoms with Gasteiger partial charge >= 0.3 is 0 Å². The highest BCUT2D eigenvalue weighted by Crippen LogP contribution is 2.09. The van der Waals surface area contributed by atoms with Crippen LogP contribution in [0.25, 0.3) is 6.08 Å². The van der Waals surface area contributed by atoms with Crippen LogP contribution in [0.4, 0.5) is 0 Å². The lowest BCUT2D eigenvalue weighted by atomic mass is 10.1.